The van der Waals surface area contributed by atoms with Crippen LogP contribution in [0, 0.1) is 0 Å². The molecule has 1 aromatic heterocycles. The second-order valence-corrected chi connectivity index (χ2v) is 3.31. The van der Waals surface area contributed by atoms with Gasteiger partial charge < -0.3 is 10.1 Å². The van der Waals surface area contributed by atoms with E-state index in [0.717, 1.165) is 0 Å². The minimum absolute atomic E-state index is 0.0210. The van der Waals surface area contributed by atoms with E-state index in [1.165, 1.54) is 0 Å². The van der Waals surface area contributed by atoms with Crippen molar-refractivity contribution in [1.29, 1.82) is 0 Å². The van der Waals surface area contributed by atoms with Crippen LogP contribution in [-0.2, 0) is 17.4 Å². The molecule has 2 N–H and O–H groups in total. The molecule has 0 amide bonds. The number of aromatic nitrogens is 1. The lowest BCUT2D eigenvalue weighted by Gasteiger charge is -2.14. The van der Waals surface area contributed by atoms with E-state index in [1.54, 1.807) is 4.98 Å². The quantitative estimate of drug-likeness (QED) is 0.825. The van der Waals surface area contributed by atoms with Gasteiger partial charge in [-0.05, 0) is 0 Å². The Kier molecular flexibility index (Phi) is 3.73. The van der Waals surface area contributed by atoms with Gasteiger partial charge in [0.05, 0.1) is 17.5 Å². The third-order valence-corrected chi connectivity index (χ3v) is 2.02. The van der Waals surface area contributed by atoms with E-state index in [2.05, 4.69) is 0 Å². The Morgan fingerprint density at radius 2 is 1.94 bits per heavy atom. The number of carboxylic acid groups (broad SMARTS) is 1. The van der Waals surface area contributed by atoms with Crippen LogP contribution in [-0.4, -0.2) is 16.1 Å². The smallest absolute Gasteiger partial charge is 0.417 e. The van der Waals surface area contributed by atoms with E-state index in [0.29, 0.717) is 0 Å². The molecule has 1 rings (SSSR count). The molecule has 4 nitrogen and oxygen atoms in total. The van der Waals surface area contributed by atoms with Crippen molar-refractivity contribution in [3.05, 3.63) is 33.2 Å². The highest BCUT2D eigenvalue weighted by atomic mass is 19.4. The largest absolute Gasteiger partial charge is 0.481 e. The summed E-state index contributed by atoms with van der Waals surface area (Å²) in [6.07, 6.45) is -9.83. The van der Waals surface area contributed by atoms with Crippen LogP contribution in [0.3, 0.4) is 0 Å². The average Bonchev–Trinajstić information content (AvgIpc) is 2.13. The van der Waals surface area contributed by atoms with Crippen LogP contribution in [0.15, 0.2) is 10.9 Å². The number of aliphatic carboxylic acids is 1. The summed E-state index contributed by atoms with van der Waals surface area (Å²) in [6.45, 7) is 0. The number of pyridine rings is 1. The molecule has 0 aliphatic rings. The van der Waals surface area contributed by atoms with Gasteiger partial charge in [0.15, 0.2) is 0 Å². The summed E-state index contributed by atoms with van der Waals surface area (Å²) in [5, 5.41) is 8.41. The molecule has 1 aromatic rings. The van der Waals surface area contributed by atoms with Gasteiger partial charge in [-0.15, -0.1) is 0 Å². The summed E-state index contributed by atoms with van der Waals surface area (Å²) < 4.78 is 62.6. The van der Waals surface area contributed by atoms with E-state index in [9.17, 15) is 31.5 Å². The number of halogens is 5. The van der Waals surface area contributed by atoms with Crippen molar-refractivity contribution in [1.82, 2.24) is 4.98 Å². The van der Waals surface area contributed by atoms with Crippen LogP contribution in [0.1, 0.15) is 23.2 Å². The molecule has 9 heteroatoms. The Hall–Kier alpha value is -1.93. The van der Waals surface area contributed by atoms with Gasteiger partial charge in [0.25, 0.3) is 6.43 Å². The number of H-pyrrole nitrogens is 1. The average molecular weight is 271 g/mol. The first-order chi connectivity index (χ1) is 8.12. The Morgan fingerprint density at radius 1 is 1.39 bits per heavy atom. The Bertz CT molecular complexity index is 520. The maximum atomic E-state index is 12.6. The van der Waals surface area contributed by atoms with Gasteiger partial charge in [-0.2, -0.15) is 13.2 Å². The lowest BCUT2D eigenvalue weighted by atomic mass is 10.0. The molecule has 0 bridgehead atoms. The second kappa shape index (κ2) is 4.75. The van der Waals surface area contributed by atoms with Crippen LogP contribution >= 0.6 is 0 Å². The zero-order chi connectivity index (χ0) is 14.1. The molecule has 0 unspecified atom stereocenters. The molecule has 0 radical (unpaired) electrons. The van der Waals surface area contributed by atoms with Crippen LogP contribution < -0.4 is 5.56 Å². The summed E-state index contributed by atoms with van der Waals surface area (Å²) in [6, 6.07) is -0.0210. The SMILES string of the molecule is O=C(O)Cc1[nH]c(=O)cc(C(F)(F)F)c1C(F)F. The molecule has 0 aliphatic heterocycles. The summed E-state index contributed by atoms with van der Waals surface area (Å²) in [7, 11) is 0. The molecule has 0 aromatic carbocycles. The predicted octanol–water partition coefficient (Wildman–Crippen LogP) is 1.96. The molecule has 100 valence electrons. The fraction of sp³-hybridized carbons (Fsp3) is 0.333. The predicted molar refractivity (Wildman–Crippen MR) is 48.4 cm³/mol. The van der Waals surface area contributed by atoms with Crippen molar-refractivity contribution in [2.45, 2.75) is 19.0 Å². The molecule has 0 saturated heterocycles. The zero-order valence-electron chi connectivity index (χ0n) is 8.52. The van der Waals surface area contributed by atoms with Gasteiger partial charge in [0.1, 0.15) is 0 Å². The van der Waals surface area contributed by atoms with Gasteiger partial charge in [-0.1, -0.05) is 0 Å². The van der Waals surface area contributed by atoms with Crippen LogP contribution in [0.5, 0.6) is 0 Å². The number of alkyl halides is 5. The Balaban J connectivity index is 3.56. The van der Waals surface area contributed by atoms with Crippen molar-refractivity contribution >= 4 is 5.97 Å². The Morgan fingerprint density at radius 3 is 2.33 bits per heavy atom. The van der Waals surface area contributed by atoms with Gasteiger partial charge >= 0.3 is 12.1 Å². The van der Waals surface area contributed by atoms with Crippen molar-refractivity contribution in [2.24, 2.45) is 0 Å². The summed E-state index contributed by atoms with van der Waals surface area (Å²) in [5.41, 5.74) is -5.57. The lowest BCUT2D eigenvalue weighted by molar-refractivity contribution is -0.140. The molecule has 0 atom stereocenters. The van der Waals surface area contributed by atoms with Gasteiger partial charge in [-0.3, -0.25) is 9.59 Å². The van der Waals surface area contributed by atoms with Crippen molar-refractivity contribution in [3.63, 3.8) is 0 Å². The highest BCUT2D eigenvalue weighted by Crippen LogP contribution is 2.36. The first-order valence-electron chi connectivity index (χ1n) is 4.46. The fourth-order valence-corrected chi connectivity index (χ4v) is 1.40. The zero-order valence-corrected chi connectivity index (χ0v) is 8.52. The topological polar surface area (TPSA) is 70.2 Å². The number of hydrogen-bond donors (Lipinski definition) is 2. The second-order valence-electron chi connectivity index (χ2n) is 3.31. The number of hydrogen-bond acceptors (Lipinski definition) is 2. The van der Waals surface area contributed by atoms with Crippen molar-refractivity contribution in [3.8, 4) is 0 Å². The molecule has 1 heterocycles. The number of nitrogens with one attached hydrogen (secondary N) is 1. The highest BCUT2D eigenvalue weighted by molar-refractivity contribution is 5.70. The molecule has 0 saturated carbocycles. The van der Waals surface area contributed by atoms with E-state index in [1.807, 2.05) is 0 Å². The molecular formula is C9H6F5NO3. The van der Waals surface area contributed by atoms with Gasteiger partial charge in [-0.25, -0.2) is 8.78 Å². The van der Waals surface area contributed by atoms with Crippen LogP contribution in [0.25, 0.3) is 0 Å². The number of carbonyl (C=O) groups is 1. The standard InChI is InChI=1S/C9H6F5NO3/c10-8(11)7-3(9(12,13)14)1-5(16)15-4(7)2-6(17)18/h1,8H,2H2,(H,15,16)(H,17,18). The monoisotopic (exact) mass is 271 g/mol. The maximum Gasteiger partial charge on any atom is 0.417 e. The van der Waals surface area contributed by atoms with Crippen LogP contribution in [0.4, 0.5) is 22.0 Å². The first-order valence-corrected chi connectivity index (χ1v) is 4.46. The molecule has 18 heavy (non-hydrogen) atoms. The minimum atomic E-state index is -5.16. The van der Waals surface area contributed by atoms with Gasteiger partial charge in [0, 0.05) is 11.8 Å². The van der Waals surface area contributed by atoms with E-state index < -0.39 is 47.4 Å². The molecule has 0 spiro atoms. The van der Waals surface area contributed by atoms with Crippen LogP contribution in [0.2, 0.25) is 0 Å². The molecular weight excluding hydrogens is 265 g/mol. The fourth-order valence-electron chi connectivity index (χ4n) is 1.40. The minimum Gasteiger partial charge on any atom is -0.481 e. The summed E-state index contributed by atoms with van der Waals surface area (Å²) in [5.74, 6) is -1.63. The number of rotatable bonds is 3. The number of carboxylic acids is 1. The van der Waals surface area contributed by atoms with Crippen molar-refractivity contribution < 1.29 is 31.9 Å². The summed E-state index contributed by atoms with van der Waals surface area (Å²) in [4.78, 5) is 23.0. The van der Waals surface area contributed by atoms with E-state index in [-0.39, 0.29) is 6.07 Å². The normalized spacial score (nSPS) is 11.9. The maximum absolute atomic E-state index is 12.6. The Labute approximate surface area is 96.1 Å². The van der Waals surface area contributed by atoms with E-state index >= 15 is 0 Å². The third kappa shape index (κ3) is 3.05. The third-order valence-electron chi connectivity index (χ3n) is 2.02. The van der Waals surface area contributed by atoms with Crippen molar-refractivity contribution in [2.75, 3.05) is 0 Å². The van der Waals surface area contributed by atoms with E-state index in [4.69, 9.17) is 5.11 Å². The molecule has 0 aliphatic carbocycles. The van der Waals surface area contributed by atoms with Gasteiger partial charge in [0.2, 0.25) is 5.56 Å². The summed E-state index contributed by atoms with van der Waals surface area (Å²) >= 11 is 0. The number of aromatic amines is 1. The first kappa shape index (κ1) is 14.1. The molecule has 0 fully saturated rings. The highest BCUT2D eigenvalue weighted by Gasteiger charge is 2.38. The lowest BCUT2D eigenvalue weighted by Crippen LogP contribution is -2.21.